The van der Waals surface area contributed by atoms with Crippen LogP contribution in [0, 0.1) is 0 Å². The van der Waals surface area contributed by atoms with E-state index < -0.39 is 5.97 Å². The van der Waals surface area contributed by atoms with E-state index in [0.717, 1.165) is 24.5 Å². The number of hydrogen-bond donors (Lipinski definition) is 2. The maximum Gasteiger partial charge on any atom is 0.328 e. The molecule has 4 nitrogen and oxygen atoms in total. The second kappa shape index (κ2) is 10.0. The summed E-state index contributed by atoms with van der Waals surface area (Å²) in [6.45, 7) is 0.688. The fourth-order valence-electron chi connectivity index (χ4n) is 1.77. The molecule has 0 aromatic heterocycles. The van der Waals surface area contributed by atoms with Gasteiger partial charge in [0, 0.05) is 18.2 Å². The molecule has 0 spiro atoms. The van der Waals surface area contributed by atoms with Crippen molar-refractivity contribution in [1.82, 2.24) is 5.32 Å². The minimum absolute atomic E-state index is 0.0892. The quantitative estimate of drug-likeness (QED) is 0.543. The van der Waals surface area contributed by atoms with E-state index in [1.54, 1.807) is 24.3 Å². The smallest absolute Gasteiger partial charge is 0.328 e. The van der Waals surface area contributed by atoms with Crippen LogP contribution in [0.5, 0.6) is 0 Å². The molecular formula is C16H21NO3S. The lowest BCUT2D eigenvalue weighted by Gasteiger charge is -2.05. The molecule has 1 rings (SSSR count). The average molecular weight is 307 g/mol. The zero-order valence-electron chi connectivity index (χ0n) is 12.2. The molecule has 0 radical (unpaired) electrons. The van der Waals surface area contributed by atoms with E-state index in [4.69, 9.17) is 5.11 Å². The summed E-state index contributed by atoms with van der Waals surface area (Å²) in [6.07, 6.45) is 7.96. The number of rotatable bonds is 9. The van der Waals surface area contributed by atoms with Gasteiger partial charge in [-0.05, 0) is 48.6 Å². The van der Waals surface area contributed by atoms with E-state index in [1.807, 2.05) is 11.8 Å². The van der Waals surface area contributed by atoms with E-state index in [-0.39, 0.29) is 5.91 Å². The molecule has 0 unspecified atom stereocenters. The summed E-state index contributed by atoms with van der Waals surface area (Å²) in [7, 11) is 0. The first-order chi connectivity index (χ1) is 10.1. The summed E-state index contributed by atoms with van der Waals surface area (Å²) in [5.74, 6) is 0.0890. The number of carbonyl (C=O) groups is 2. The van der Waals surface area contributed by atoms with Gasteiger partial charge in [-0.3, -0.25) is 4.79 Å². The third-order valence-corrected chi connectivity index (χ3v) is 3.60. The summed E-state index contributed by atoms with van der Waals surface area (Å²) in [6, 6.07) is 6.86. The van der Waals surface area contributed by atoms with Crippen molar-refractivity contribution in [1.29, 1.82) is 0 Å². The van der Waals surface area contributed by atoms with E-state index in [2.05, 4.69) is 11.6 Å². The van der Waals surface area contributed by atoms with Gasteiger partial charge in [-0.25, -0.2) is 4.79 Å². The molecule has 0 bridgehead atoms. The number of hydrogen-bond acceptors (Lipinski definition) is 3. The zero-order chi connectivity index (χ0) is 15.5. The Hall–Kier alpha value is -1.75. The molecule has 5 heteroatoms. The van der Waals surface area contributed by atoms with Crippen LogP contribution in [0.4, 0.5) is 0 Å². The Bertz CT molecular complexity index is 483. The third-order valence-electron chi connectivity index (χ3n) is 2.90. The Morgan fingerprint density at radius 2 is 1.90 bits per heavy atom. The highest BCUT2D eigenvalue weighted by Gasteiger charge is 2.03. The molecule has 1 aromatic carbocycles. The van der Waals surface area contributed by atoms with Gasteiger partial charge in [0.1, 0.15) is 0 Å². The Balaban J connectivity index is 2.36. The number of nitrogens with one attached hydrogen (secondary N) is 1. The van der Waals surface area contributed by atoms with Crippen molar-refractivity contribution < 1.29 is 14.7 Å². The number of unbranched alkanes of at least 4 members (excludes halogenated alkanes) is 2. The lowest BCUT2D eigenvalue weighted by atomic mass is 10.1. The minimum atomic E-state index is -0.988. The molecule has 0 aliphatic carbocycles. The first-order valence-electron chi connectivity index (χ1n) is 6.91. The Morgan fingerprint density at radius 1 is 1.19 bits per heavy atom. The molecular weight excluding hydrogens is 286 g/mol. The molecule has 21 heavy (non-hydrogen) atoms. The molecule has 0 fully saturated rings. The van der Waals surface area contributed by atoms with Crippen LogP contribution in [-0.2, 0) is 4.79 Å². The summed E-state index contributed by atoms with van der Waals surface area (Å²) in [5, 5.41) is 11.4. The average Bonchev–Trinajstić information content (AvgIpc) is 2.49. The summed E-state index contributed by atoms with van der Waals surface area (Å²) in [4.78, 5) is 22.3. The van der Waals surface area contributed by atoms with E-state index >= 15 is 0 Å². The van der Waals surface area contributed by atoms with Gasteiger partial charge >= 0.3 is 5.97 Å². The Kier molecular flexibility index (Phi) is 8.28. The van der Waals surface area contributed by atoms with E-state index in [9.17, 15) is 9.59 Å². The monoisotopic (exact) mass is 307 g/mol. The predicted octanol–water partition coefficient (Wildman–Crippen LogP) is 3.05. The van der Waals surface area contributed by atoms with Crippen molar-refractivity contribution in [3.05, 3.63) is 41.5 Å². The number of amides is 1. The number of benzene rings is 1. The van der Waals surface area contributed by atoms with Crippen LogP contribution in [0.25, 0.3) is 6.08 Å². The normalized spacial score (nSPS) is 10.7. The molecule has 114 valence electrons. The van der Waals surface area contributed by atoms with Crippen LogP contribution in [0.3, 0.4) is 0 Å². The van der Waals surface area contributed by atoms with Crippen molar-refractivity contribution >= 4 is 29.7 Å². The first-order valence-corrected chi connectivity index (χ1v) is 8.31. The van der Waals surface area contributed by atoms with E-state index in [0.29, 0.717) is 12.1 Å². The Labute approximate surface area is 129 Å². The maximum absolute atomic E-state index is 11.9. The third kappa shape index (κ3) is 7.56. The lowest BCUT2D eigenvalue weighted by Crippen LogP contribution is -2.24. The molecule has 0 saturated heterocycles. The number of carboxylic acid groups (broad SMARTS) is 1. The van der Waals surface area contributed by atoms with Gasteiger partial charge < -0.3 is 10.4 Å². The van der Waals surface area contributed by atoms with Crippen LogP contribution in [0.2, 0.25) is 0 Å². The van der Waals surface area contributed by atoms with Gasteiger partial charge in [-0.2, -0.15) is 11.8 Å². The molecule has 0 aliphatic heterocycles. The summed E-state index contributed by atoms with van der Waals surface area (Å²) < 4.78 is 0. The van der Waals surface area contributed by atoms with Gasteiger partial charge in [0.2, 0.25) is 0 Å². The van der Waals surface area contributed by atoms with E-state index in [1.165, 1.54) is 18.2 Å². The second-order valence-electron chi connectivity index (χ2n) is 4.60. The maximum atomic E-state index is 11.9. The van der Waals surface area contributed by atoms with Crippen LogP contribution < -0.4 is 5.32 Å². The molecule has 0 saturated carbocycles. The lowest BCUT2D eigenvalue weighted by molar-refractivity contribution is -0.131. The van der Waals surface area contributed by atoms with Crippen molar-refractivity contribution in [2.24, 2.45) is 0 Å². The molecule has 0 heterocycles. The largest absolute Gasteiger partial charge is 0.478 e. The molecule has 1 amide bonds. The zero-order valence-corrected chi connectivity index (χ0v) is 13.0. The van der Waals surface area contributed by atoms with Crippen LogP contribution >= 0.6 is 11.8 Å². The van der Waals surface area contributed by atoms with Crippen molar-refractivity contribution in [2.75, 3.05) is 18.6 Å². The predicted molar refractivity (Wildman–Crippen MR) is 87.7 cm³/mol. The Morgan fingerprint density at radius 3 is 2.52 bits per heavy atom. The van der Waals surface area contributed by atoms with Gasteiger partial charge in [-0.15, -0.1) is 0 Å². The number of thioether (sulfide) groups is 1. The van der Waals surface area contributed by atoms with Gasteiger partial charge in [-0.1, -0.05) is 18.6 Å². The minimum Gasteiger partial charge on any atom is -0.478 e. The molecule has 1 aromatic rings. The van der Waals surface area contributed by atoms with Crippen LogP contribution in [0.1, 0.15) is 35.2 Å². The number of carbonyl (C=O) groups excluding carboxylic acids is 1. The molecule has 0 aliphatic rings. The first kappa shape index (κ1) is 17.3. The highest BCUT2D eigenvalue weighted by atomic mass is 32.2. The van der Waals surface area contributed by atoms with Crippen molar-refractivity contribution in [3.8, 4) is 0 Å². The van der Waals surface area contributed by atoms with Gasteiger partial charge in [0.15, 0.2) is 0 Å². The second-order valence-corrected chi connectivity index (χ2v) is 5.59. The molecule has 0 atom stereocenters. The highest BCUT2D eigenvalue weighted by Crippen LogP contribution is 2.07. The van der Waals surface area contributed by atoms with Crippen molar-refractivity contribution in [3.63, 3.8) is 0 Å². The number of carboxylic acids is 1. The standard InChI is InChI=1S/C16H21NO3S/c1-21-12-4-2-3-11-17-16(20)14-8-5-13(6-9-14)7-10-15(18)19/h5-10H,2-4,11-12H2,1H3,(H,17,20)(H,18,19)/b10-7+. The van der Waals surface area contributed by atoms with Gasteiger partial charge in [0.25, 0.3) is 5.91 Å². The SMILES string of the molecule is CSCCCCCNC(=O)c1ccc(/C=C/C(=O)O)cc1. The molecule has 2 N–H and O–H groups in total. The van der Waals surface area contributed by atoms with Crippen LogP contribution in [0.15, 0.2) is 30.3 Å². The summed E-state index contributed by atoms with van der Waals surface area (Å²) in [5.41, 5.74) is 1.35. The highest BCUT2D eigenvalue weighted by molar-refractivity contribution is 7.98. The summed E-state index contributed by atoms with van der Waals surface area (Å²) >= 11 is 1.84. The topological polar surface area (TPSA) is 66.4 Å². The fourth-order valence-corrected chi connectivity index (χ4v) is 2.26. The van der Waals surface area contributed by atoms with Gasteiger partial charge in [0.05, 0.1) is 0 Å². The van der Waals surface area contributed by atoms with Crippen molar-refractivity contribution in [2.45, 2.75) is 19.3 Å². The fraction of sp³-hybridized carbons (Fsp3) is 0.375. The number of aliphatic carboxylic acids is 1. The van der Waals surface area contributed by atoms with Crippen LogP contribution in [-0.4, -0.2) is 35.5 Å².